The number of methoxy groups -OCH3 is 1. The Balaban J connectivity index is 1.46. The maximum absolute atomic E-state index is 12.4. The molecule has 2 aromatic carbocycles. The molecule has 1 N–H and O–H groups in total. The van der Waals surface area contributed by atoms with Crippen LogP contribution >= 0.6 is 0 Å². The third-order valence-electron chi connectivity index (χ3n) is 4.69. The number of rotatable bonds is 4. The third kappa shape index (κ3) is 3.20. The molecule has 0 atom stereocenters. The molecule has 5 heteroatoms. The summed E-state index contributed by atoms with van der Waals surface area (Å²) in [5.74, 6) is 0.819. The van der Waals surface area contributed by atoms with Gasteiger partial charge in [-0.05, 0) is 42.7 Å². The zero-order chi connectivity index (χ0) is 17.3. The number of nitrogens with one attached hydrogen (secondary N) is 1. The summed E-state index contributed by atoms with van der Waals surface area (Å²) in [6, 6.07) is 12.9. The second-order valence-electron chi connectivity index (χ2n) is 6.57. The first-order valence-electron chi connectivity index (χ1n) is 8.59. The van der Waals surface area contributed by atoms with Gasteiger partial charge in [0.1, 0.15) is 0 Å². The molecule has 0 saturated heterocycles. The van der Waals surface area contributed by atoms with Crippen LogP contribution in [0.1, 0.15) is 41.6 Å². The van der Waals surface area contributed by atoms with Crippen LogP contribution in [0, 0.1) is 0 Å². The van der Waals surface area contributed by atoms with Crippen LogP contribution in [0.15, 0.2) is 42.5 Å². The Morgan fingerprint density at radius 2 is 1.80 bits per heavy atom. The summed E-state index contributed by atoms with van der Waals surface area (Å²) >= 11 is 0. The summed E-state index contributed by atoms with van der Waals surface area (Å²) in [6.45, 7) is 0.534. The zero-order valence-corrected chi connectivity index (χ0v) is 14.2. The number of hydrogen-bond donors (Lipinski definition) is 1. The van der Waals surface area contributed by atoms with E-state index in [1.54, 1.807) is 19.2 Å². The van der Waals surface area contributed by atoms with Crippen LogP contribution in [-0.4, -0.2) is 18.8 Å². The summed E-state index contributed by atoms with van der Waals surface area (Å²) in [5.41, 5.74) is 2.33. The molecular weight excluding hydrogens is 318 g/mol. The molecule has 4 rings (SSSR count). The topological polar surface area (TPSA) is 56.8 Å². The molecule has 5 nitrogen and oxygen atoms in total. The molecule has 1 heterocycles. The van der Waals surface area contributed by atoms with Gasteiger partial charge in [0.05, 0.1) is 6.61 Å². The number of hydrogen-bond acceptors (Lipinski definition) is 4. The summed E-state index contributed by atoms with van der Waals surface area (Å²) in [7, 11) is 1.65. The van der Waals surface area contributed by atoms with E-state index in [4.69, 9.17) is 14.2 Å². The molecule has 1 amide bonds. The minimum absolute atomic E-state index is 0.154. The zero-order valence-electron chi connectivity index (χ0n) is 14.2. The lowest BCUT2D eigenvalue weighted by molar-refractivity contribution is -0.0716. The fourth-order valence-electron chi connectivity index (χ4n) is 3.41. The van der Waals surface area contributed by atoms with E-state index in [1.807, 2.05) is 30.3 Å². The standard InChI is InChI=1S/C20H21NO4/c1-23-13-14-4-6-15(7-5-14)19(22)21-16-8-9-17-18(12-16)25-20(24-17)10-2-3-11-20/h4-9,12H,2-3,10-11,13H2,1H3,(H,21,22). The van der Waals surface area contributed by atoms with Crippen LogP contribution in [0.5, 0.6) is 11.5 Å². The van der Waals surface area contributed by atoms with E-state index in [2.05, 4.69) is 5.32 Å². The SMILES string of the molecule is COCc1ccc(C(=O)Nc2ccc3c(c2)OC2(CCCC2)O3)cc1. The van der Waals surface area contributed by atoms with Gasteiger partial charge in [0.2, 0.25) is 0 Å². The van der Waals surface area contributed by atoms with Crippen molar-refractivity contribution in [1.82, 2.24) is 0 Å². The molecule has 130 valence electrons. The van der Waals surface area contributed by atoms with Gasteiger partial charge in [-0.3, -0.25) is 4.79 Å². The van der Waals surface area contributed by atoms with Gasteiger partial charge in [-0.2, -0.15) is 0 Å². The predicted molar refractivity (Wildman–Crippen MR) is 94.0 cm³/mol. The van der Waals surface area contributed by atoms with Crippen LogP contribution in [0.2, 0.25) is 0 Å². The quantitative estimate of drug-likeness (QED) is 0.910. The van der Waals surface area contributed by atoms with Crippen molar-refractivity contribution in [3.8, 4) is 11.5 Å². The van der Waals surface area contributed by atoms with Gasteiger partial charge < -0.3 is 19.5 Å². The maximum atomic E-state index is 12.4. The minimum atomic E-state index is -0.484. The molecule has 2 aliphatic rings. The highest BCUT2D eigenvalue weighted by molar-refractivity contribution is 6.04. The molecule has 1 spiro atoms. The van der Waals surface area contributed by atoms with Crippen LogP contribution < -0.4 is 14.8 Å². The van der Waals surface area contributed by atoms with Gasteiger partial charge in [-0.25, -0.2) is 0 Å². The maximum Gasteiger partial charge on any atom is 0.255 e. The lowest BCUT2D eigenvalue weighted by atomic mass is 10.1. The second-order valence-corrected chi connectivity index (χ2v) is 6.57. The molecule has 1 aliphatic heterocycles. The molecular formula is C20H21NO4. The molecule has 0 unspecified atom stereocenters. The summed E-state index contributed by atoms with van der Waals surface area (Å²) in [4.78, 5) is 12.4. The van der Waals surface area contributed by atoms with E-state index in [-0.39, 0.29) is 5.91 Å². The third-order valence-corrected chi connectivity index (χ3v) is 4.69. The van der Waals surface area contributed by atoms with Gasteiger partial charge in [0.15, 0.2) is 11.5 Å². The van der Waals surface area contributed by atoms with E-state index in [0.29, 0.717) is 23.6 Å². The first-order valence-corrected chi connectivity index (χ1v) is 8.59. The lowest BCUT2D eigenvalue weighted by Crippen LogP contribution is -2.34. The molecule has 1 saturated carbocycles. The number of amides is 1. The summed E-state index contributed by atoms with van der Waals surface area (Å²) in [6.07, 6.45) is 4.07. The molecule has 0 bridgehead atoms. The smallest absolute Gasteiger partial charge is 0.255 e. The van der Waals surface area contributed by atoms with Crippen LogP contribution in [-0.2, 0) is 11.3 Å². The Bertz CT molecular complexity index is 779. The van der Waals surface area contributed by atoms with Crippen molar-refractivity contribution in [3.63, 3.8) is 0 Å². The Morgan fingerprint density at radius 3 is 2.52 bits per heavy atom. The van der Waals surface area contributed by atoms with E-state index in [0.717, 1.165) is 37.0 Å². The largest absolute Gasteiger partial charge is 0.448 e. The normalized spacial score (nSPS) is 17.0. The lowest BCUT2D eigenvalue weighted by Gasteiger charge is -2.21. The van der Waals surface area contributed by atoms with Crippen molar-refractivity contribution in [2.24, 2.45) is 0 Å². The van der Waals surface area contributed by atoms with Gasteiger partial charge in [-0.15, -0.1) is 0 Å². The summed E-state index contributed by atoms with van der Waals surface area (Å²) < 4.78 is 17.1. The summed E-state index contributed by atoms with van der Waals surface area (Å²) in [5, 5.41) is 2.91. The van der Waals surface area contributed by atoms with Crippen molar-refractivity contribution in [1.29, 1.82) is 0 Å². The van der Waals surface area contributed by atoms with Crippen molar-refractivity contribution in [2.75, 3.05) is 12.4 Å². The highest BCUT2D eigenvalue weighted by atomic mass is 16.7. The highest BCUT2D eigenvalue weighted by Gasteiger charge is 2.44. The van der Waals surface area contributed by atoms with E-state index in [9.17, 15) is 4.79 Å². The fraction of sp³-hybridized carbons (Fsp3) is 0.350. The molecule has 2 aromatic rings. The van der Waals surface area contributed by atoms with E-state index in [1.165, 1.54) is 0 Å². The Labute approximate surface area is 146 Å². The van der Waals surface area contributed by atoms with Crippen LogP contribution in [0.4, 0.5) is 5.69 Å². The highest BCUT2D eigenvalue weighted by Crippen LogP contribution is 2.47. The monoisotopic (exact) mass is 339 g/mol. The van der Waals surface area contributed by atoms with Crippen molar-refractivity contribution < 1.29 is 19.0 Å². The number of fused-ring (bicyclic) bond motifs is 1. The van der Waals surface area contributed by atoms with Crippen molar-refractivity contribution in [3.05, 3.63) is 53.6 Å². The van der Waals surface area contributed by atoms with Gasteiger partial charge in [0, 0.05) is 37.3 Å². The Morgan fingerprint density at radius 1 is 1.08 bits per heavy atom. The number of benzene rings is 2. The average Bonchev–Trinajstić information content (AvgIpc) is 3.21. The molecule has 0 radical (unpaired) electrons. The van der Waals surface area contributed by atoms with E-state index >= 15 is 0 Å². The van der Waals surface area contributed by atoms with Gasteiger partial charge in [0.25, 0.3) is 11.7 Å². The molecule has 25 heavy (non-hydrogen) atoms. The van der Waals surface area contributed by atoms with Gasteiger partial charge in [-0.1, -0.05) is 12.1 Å². The predicted octanol–water partition coefficient (Wildman–Crippen LogP) is 4.13. The molecule has 1 fully saturated rings. The second kappa shape index (κ2) is 6.41. The van der Waals surface area contributed by atoms with Crippen LogP contribution in [0.25, 0.3) is 0 Å². The van der Waals surface area contributed by atoms with E-state index < -0.39 is 5.79 Å². The molecule has 0 aromatic heterocycles. The molecule has 1 aliphatic carbocycles. The fourth-order valence-corrected chi connectivity index (χ4v) is 3.41. The number of carbonyl (C=O) groups is 1. The number of ether oxygens (including phenoxy) is 3. The van der Waals surface area contributed by atoms with Gasteiger partial charge >= 0.3 is 0 Å². The minimum Gasteiger partial charge on any atom is -0.448 e. The average molecular weight is 339 g/mol. The van der Waals surface area contributed by atoms with Crippen molar-refractivity contribution >= 4 is 11.6 Å². The first kappa shape index (κ1) is 16.0. The first-order chi connectivity index (χ1) is 12.2. The number of anilines is 1. The van der Waals surface area contributed by atoms with Crippen molar-refractivity contribution in [2.45, 2.75) is 38.1 Å². The Kier molecular flexibility index (Phi) is 4.09. The van der Waals surface area contributed by atoms with Crippen LogP contribution in [0.3, 0.4) is 0 Å². The Hall–Kier alpha value is -2.53. The number of carbonyl (C=O) groups excluding carboxylic acids is 1.